The molecule has 0 aliphatic heterocycles. The van der Waals surface area contributed by atoms with Gasteiger partial charge in [0.1, 0.15) is 5.75 Å². The van der Waals surface area contributed by atoms with E-state index in [2.05, 4.69) is 22.5 Å². The van der Waals surface area contributed by atoms with E-state index in [-0.39, 0.29) is 17.4 Å². The van der Waals surface area contributed by atoms with Crippen LogP contribution in [0.2, 0.25) is 0 Å². The van der Waals surface area contributed by atoms with Gasteiger partial charge < -0.3 is 19.9 Å². The van der Waals surface area contributed by atoms with Crippen molar-refractivity contribution < 1.29 is 19.4 Å². The van der Waals surface area contributed by atoms with Gasteiger partial charge >= 0.3 is 5.97 Å². The highest BCUT2D eigenvalue weighted by atomic mass is 32.1. The maximum absolute atomic E-state index is 12.2. The van der Waals surface area contributed by atoms with Crippen LogP contribution in [0.3, 0.4) is 0 Å². The van der Waals surface area contributed by atoms with Gasteiger partial charge in [-0.2, -0.15) is 4.98 Å². The van der Waals surface area contributed by atoms with Crippen LogP contribution < -0.4 is 14.8 Å². The molecule has 2 bridgehead atoms. The first-order chi connectivity index (χ1) is 12.6. The Morgan fingerprint density at radius 2 is 2.19 bits per heavy atom. The van der Waals surface area contributed by atoms with Crippen molar-refractivity contribution in [1.82, 2.24) is 4.98 Å². The number of hydrogen-bond donors (Lipinski definition) is 2. The molecule has 1 heterocycles. The van der Waals surface area contributed by atoms with Crippen LogP contribution in [0.15, 0.2) is 36.4 Å². The highest BCUT2D eigenvalue weighted by Gasteiger charge is 2.36. The molecule has 6 nitrogen and oxygen atoms in total. The second-order valence-electron chi connectivity index (χ2n) is 6.62. The molecule has 0 radical (unpaired) electrons. The zero-order valence-electron chi connectivity index (χ0n) is 14.3. The normalized spacial score (nSPS) is 23.2. The number of aromatic nitrogens is 1. The molecule has 2 aliphatic rings. The number of para-hydroxylation sites is 1. The van der Waals surface area contributed by atoms with Crippen LogP contribution in [0, 0.1) is 11.8 Å². The summed E-state index contributed by atoms with van der Waals surface area (Å²) in [7, 11) is 1.56. The summed E-state index contributed by atoms with van der Waals surface area (Å²) in [6, 6.07) is 7.60. The lowest BCUT2D eigenvalue weighted by atomic mass is 10.0. The number of thiazole rings is 1. The maximum atomic E-state index is 12.2. The summed E-state index contributed by atoms with van der Waals surface area (Å²) in [6.07, 6.45) is 6.82. The van der Waals surface area contributed by atoms with E-state index in [1.165, 1.54) is 6.42 Å². The van der Waals surface area contributed by atoms with Gasteiger partial charge in [-0.15, -0.1) is 0 Å². The number of carbonyl (C=O) groups is 1. The molecule has 2 N–H and O–H groups in total. The number of esters is 1. The van der Waals surface area contributed by atoms with E-state index in [9.17, 15) is 9.90 Å². The molecular formula is C19H20N2O4S. The molecule has 0 spiro atoms. The number of rotatable bonds is 6. The van der Waals surface area contributed by atoms with Crippen LogP contribution in [0.5, 0.6) is 16.7 Å². The highest BCUT2D eigenvalue weighted by molar-refractivity contribution is 7.17. The van der Waals surface area contributed by atoms with E-state index in [0.29, 0.717) is 28.8 Å². The van der Waals surface area contributed by atoms with E-state index in [1.54, 1.807) is 13.2 Å². The van der Waals surface area contributed by atoms with Crippen LogP contribution in [-0.4, -0.2) is 29.2 Å². The molecule has 1 aromatic heterocycles. The van der Waals surface area contributed by atoms with Gasteiger partial charge in [-0.3, -0.25) is 4.79 Å². The Balaban J connectivity index is 1.39. The number of hydrogen-bond acceptors (Lipinski definition) is 7. The van der Waals surface area contributed by atoms with Gasteiger partial charge in [-0.05, 0) is 30.7 Å². The Morgan fingerprint density at radius 1 is 1.35 bits per heavy atom. The number of ether oxygens (including phenoxy) is 2. The largest absolute Gasteiger partial charge is 0.496 e. The molecule has 1 fully saturated rings. The van der Waals surface area contributed by atoms with Gasteiger partial charge in [0.25, 0.3) is 5.88 Å². The van der Waals surface area contributed by atoms with Crippen LogP contribution in [0.25, 0.3) is 0 Å². The summed E-state index contributed by atoms with van der Waals surface area (Å²) < 4.78 is 10.6. The van der Waals surface area contributed by atoms with Crippen molar-refractivity contribution in [3.8, 4) is 16.7 Å². The zero-order valence-corrected chi connectivity index (χ0v) is 15.2. The highest BCUT2D eigenvalue weighted by Crippen LogP contribution is 2.43. The number of allylic oxidation sites excluding steroid dienone is 1. The van der Waals surface area contributed by atoms with Crippen molar-refractivity contribution in [2.75, 3.05) is 12.4 Å². The molecule has 1 saturated carbocycles. The Bertz CT molecular complexity index is 848. The van der Waals surface area contributed by atoms with Gasteiger partial charge in [-0.1, -0.05) is 41.7 Å². The third-order valence-electron chi connectivity index (χ3n) is 4.90. The maximum Gasteiger partial charge on any atom is 0.316 e. The van der Waals surface area contributed by atoms with E-state index < -0.39 is 5.97 Å². The first kappa shape index (κ1) is 16.9. The Labute approximate surface area is 155 Å². The number of anilines is 1. The average Bonchev–Trinajstić information content (AvgIpc) is 3.32. The molecule has 2 aromatic rings. The molecule has 2 aliphatic carbocycles. The van der Waals surface area contributed by atoms with Crippen molar-refractivity contribution in [1.29, 1.82) is 0 Å². The van der Waals surface area contributed by atoms with Crippen LogP contribution in [0.4, 0.5) is 5.13 Å². The Morgan fingerprint density at radius 3 is 2.92 bits per heavy atom. The second-order valence-corrected chi connectivity index (χ2v) is 7.59. The molecule has 26 heavy (non-hydrogen) atoms. The second kappa shape index (κ2) is 6.99. The lowest BCUT2D eigenvalue weighted by Crippen LogP contribution is -2.23. The monoisotopic (exact) mass is 372 g/mol. The number of methoxy groups -OCH3 is 1. The fraction of sp³-hybridized carbons (Fsp3) is 0.368. The standard InChI is InChI=1S/C19H20N2O4S/c1-24-15-5-3-2-4-13(15)10-16(22)25-18-17(23)21-19(26-18)20-14-9-11-6-7-12(14)8-11/h2-7,11-12,14,23H,8-10H2,1H3,(H,20,21). The van der Waals surface area contributed by atoms with Gasteiger partial charge in [0, 0.05) is 11.6 Å². The number of benzene rings is 1. The summed E-state index contributed by atoms with van der Waals surface area (Å²) in [6.45, 7) is 0. The van der Waals surface area contributed by atoms with E-state index in [4.69, 9.17) is 9.47 Å². The molecule has 1 aromatic carbocycles. The zero-order chi connectivity index (χ0) is 18.1. The molecule has 0 saturated heterocycles. The third-order valence-corrected chi connectivity index (χ3v) is 5.75. The van der Waals surface area contributed by atoms with Gasteiger partial charge in [0.15, 0.2) is 5.13 Å². The summed E-state index contributed by atoms with van der Waals surface area (Å²) in [4.78, 5) is 16.3. The van der Waals surface area contributed by atoms with E-state index in [0.717, 1.165) is 23.3 Å². The van der Waals surface area contributed by atoms with Crippen molar-refractivity contribution in [3.63, 3.8) is 0 Å². The minimum absolute atomic E-state index is 0.0568. The van der Waals surface area contributed by atoms with Crippen molar-refractivity contribution >= 4 is 22.4 Å². The average molecular weight is 372 g/mol. The summed E-state index contributed by atoms with van der Waals surface area (Å²) in [5.74, 6) is 1.06. The van der Waals surface area contributed by atoms with Gasteiger partial charge in [0.05, 0.1) is 13.5 Å². The summed E-state index contributed by atoms with van der Waals surface area (Å²) in [5.41, 5.74) is 0.733. The smallest absolute Gasteiger partial charge is 0.316 e. The molecule has 7 heteroatoms. The number of fused-ring (bicyclic) bond motifs is 2. The van der Waals surface area contributed by atoms with Crippen molar-refractivity contribution in [2.24, 2.45) is 11.8 Å². The lowest BCUT2D eigenvalue weighted by molar-refractivity contribution is -0.133. The fourth-order valence-electron chi connectivity index (χ4n) is 3.68. The number of carbonyl (C=O) groups excluding carboxylic acids is 1. The van der Waals surface area contributed by atoms with Crippen LogP contribution >= 0.6 is 11.3 Å². The van der Waals surface area contributed by atoms with Crippen molar-refractivity contribution in [3.05, 3.63) is 42.0 Å². The van der Waals surface area contributed by atoms with Crippen LogP contribution in [-0.2, 0) is 11.2 Å². The molecule has 3 unspecified atom stereocenters. The number of nitrogens with zero attached hydrogens (tertiary/aromatic N) is 1. The van der Waals surface area contributed by atoms with Crippen molar-refractivity contribution in [2.45, 2.75) is 25.3 Å². The van der Waals surface area contributed by atoms with E-state index >= 15 is 0 Å². The predicted molar refractivity (Wildman–Crippen MR) is 98.9 cm³/mol. The molecule has 3 atom stereocenters. The van der Waals surface area contributed by atoms with E-state index in [1.807, 2.05) is 18.2 Å². The van der Waals surface area contributed by atoms with Gasteiger partial charge in [-0.25, -0.2) is 0 Å². The fourth-order valence-corrected chi connectivity index (χ4v) is 4.47. The lowest BCUT2D eigenvalue weighted by Gasteiger charge is -2.18. The molecule has 0 amide bonds. The number of aromatic hydroxyl groups is 1. The Kier molecular flexibility index (Phi) is 4.55. The first-order valence-electron chi connectivity index (χ1n) is 8.59. The quantitative estimate of drug-likeness (QED) is 0.598. The summed E-state index contributed by atoms with van der Waals surface area (Å²) in [5, 5.41) is 14.0. The first-order valence-corrected chi connectivity index (χ1v) is 9.41. The minimum Gasteiger partial charge on any atom is -0.496 e. The summed E-state index contributed by atoms with van der Waals surface area (Å²) >= 11 is 1.15. The minimum atomic E-state index is -0.470. The van der Waals surface area contributed by atoms with Gasteiger partial charge in [0.2, 0.25) is 5.06 Å². The van der Waals surface area contributed by atoms with Crippen LogP contribution in [0.1, 0.15) is 18.4 Å². The SMILES string of the molecule is COc1ccccc1CC(=O)Oc1sc(NC2CC3C=CC2C3)nc1O. The predicted octanol–water partition coefficient (Wildman–Crippen LogP) is 3.38. The molecule has 136 valence electrons. The Hall–Kier alpha value is -2.54. The topological polar surface area (TPSA) is 80.7 Å². The molecular weight excluding hydrogens is 352 g/mol. The third kappa shape index (κ3) is 3.39. The molecule has 4 rings (SSSR count). The number of nitrogens with one attached hydrogen (secondary N) is 1.